The lowest BCUT2D eigenvalue weighted by atomic mass is 10.1. The third-order valence-corrected chi connectivity index (χ3v) is 1.90. The quantitative estimate of drug-likeness (QED) is 0.556. The van der Waals surface area contributed by atoms with Crippen LogP contribution in [0, 0.1) is 5.82 Å². The van der Waals surface area contributed by atoms with E-state index in [2.05, 4.69) is 10.3 Å². The topological polar surface area (TPSA) is 50.4 Å². The molecule has 0 saturated heterocycles. The van der Waals surface area contributed by atoms with E-state index in [1.807, 2.05) is 6.07 Å². The summed E-state index contributed by atoms with van der Waals surface area (Å²) in [5.41, 5.74) is 6.10. The molecule has 1 aromatic rings. The largest absolute Gasteiger partial charge is 0.370 e. The summed E-state index contributed by atoms with van der Waals surface area (Å²) in [5.74, 6) is 0.197. The van der Waals surface area contributed by atoms with Gasteiger partial charge in [0.1, 0.15) is 5.82 Å². The van der Waals surface area contributed by atoms with Gasteiger partial charge in [0.15, 0.2) is 5.96 Å². The predicted molar refractivity (Wildman–Crippen MR) is 55.7 cm³/mol. The summed E-state index contributed by atoms with van der Waals surface area (Å²) in [6.07, 6.45) is 0.600. The Balaban J connectivity index is 2.43. The maximum Gasteiger partial charge on any atom is 0.188 e. The van der Waals surface area contributed by atoms with Crippen LogP contribution in [0.1, 0.15) is 5.56 Å². The van der Waals surface area contributed by atoms with E-state index >= 15 is 0 Å². The maximum absolute atomic E-state index is 13.1. The van der Waals surface area contributed by atoms with Crippen LogP contribution in [0.2, 0.25) is 0 Å². The Morgan fingerprint density at radius 3 is 2.86 bits per heavy atom. The molecular weight excluding hydrogens is 181 g/mol. The fraction of sp³-hybridized carbons (Fsp3) is 0.300. The van der Waals surface area contributed by atoms with Crippen molar-refractivity contribution in [3.63, 3.8) is 0 Å². The standard InChI is InChI=1S/C10H14FN3/c1-13-10(12)14-7-6-8-4-2-3-5-9(8)11/h2-5H,6-7H2,1H3,(H3,12,13,14). The van der Waals surface area contributed by atoms with Crippen LogP contribution < -0.4 is 11.1 Å². The lowest BCUT2D eigenvalue weighted by Crippen LogP contribution is -2.32. The van der Waals surface area contributed by atoms with E-state index in [1.54, 1.807) is 19.2 Å². The van der Waals surface area contributed by atoms with Gasteiger partial charge in [-0.15, -0.1) is 0 Å². The number of halogens is 1. The molecule has 1 rings (SSSR count). The maximum atomic E-state index is 13.1. The predicted octanol–water partition coefficient (Wildman–Crippen LogP) is 0.902. The van der Waals surface area contributed by atoms with E-state index in [-0.39, 0.29) is 5.82 Å². The second-order valence-corrected chi connectivity index (χ2v) is 2.88. The molecule has 0 heterocycles. The van der Waals surface area contributed by atoms with Gasteiger partial charge in [0, 0.05) is 13.6 Å². The Labute approximate surface area is 82.8 Å². The van der Waals surface area contributed by atoms with Gasteiger partial charge in [-0.3, -0.25) is 4.99 Å². The van der Waals surface area contributed by atoms with Gasteiger partial charge in [0.25, 0.3) is 0 Å². The van der Waals surface area contributed by atoms with Crippen molar-refractivity contribution in [3.05, 3.63) is 35.6 Å². The highest BCUT2D eigenvalue weighted by atomic mass is 19.1. The molecule has 0 spiro atoms. The highest BCUT2D eigenvalue weighted by Gasteiger charge is 1.99. The molecule has 0 unspecified atom stereocenters. The van der Waals surface area contributed by atoms with Crippen molar-refractivity contribution in [2.24, 2.45) is 10.7 Å². The molecule has 14 heavy (non-hydrogen) atoms. The molecule has 4 heteroatoms. The number of nitrogens with zero attached hydrogens (tertiary/aromatic N) is 1. The molecule has 0 aliphatic carbocycles. The van der Waals surface area contributed by atoms with Gasteiger partial charge in [-0.2, -0.15) is 0 Å². The number of benzene rings is 1. The van der Waals surface area contributed by atoms with Crippen LogP contribution in [-0.4, -0.2) is 19.6 Å². The van der Waals surface area contributed by atoms with Crippen LogP contribution in [-0.2, 0) is 6.42 Å². The van der Waals surface area contributed by atoms with E-state index in [9.17, 15) is 4.39 Å². The molecule has 3 N–H and O–H groups in total. The number of aliphatic imine (C=N–C) groups is 1. The second-order valence-electron chi connectivity index (χ2n) is 2.88. The molecular formula is C10H14FN3. The Morgan fingerprint density at radius 1 is 1.50 bits per heavy atom. The van der Waals surface area contributed by atoms with Crippen molar-refractivity contribution >= 4 is 5.96 Å². The molecule has 0 fully saturated rings. The zero-order chi connectivity index (χ0) is 10.4. The Bertz CT molecular complexity index is 323. The summed E-state index contributed by atoms with van der Waals surface area (Å²) < 4.78 is 13.1. The highest BCUT2D eigenvalue weighted by molar-refractivity contribution is 5.77. The molecule has 0 bridgehead atoms. The summed E-state index contributed by atoms with van der Waals surface area (Å²) >= 11 is 0. The lowest BCUT2D eigenvalue weighted by Gasteiger charge is -2.05. The van der Waals surface area contributed by atoms with Crippen molar-refractivity contribution in [2.45, 2.75) is 6.42 Å². The molecule has 0 aromatic heterocycles. The molecule has 0 amide bonds. The van der Waals surface area contributed by atoms with E-state index in [1.165, 1.54) is 6.07 Å². The zero-order valence-electron chi connectivity index (χ0n) is 8.13. The molecule has 1 aromatic carbocycles. The van der Waals surface area contributed by atoms with Gasteiger partial charge < -0.3 is 11.1 Å². The molecule has 3 nitrogen and oxygen atoms in total. The minimum absolute atomic E-state index is 0.179. The van der Waals surface area contributed by atoms with E-state index in [0.29, 0.717) is 24.5 Å². The molecule has 0 aliphatic heterocycles. The molecule has 0 radical (unpaired) electrons. The van der Waals surface area contributed by atoms with Crippen molar-refractivity contribution < 1.29 is 4.39 Å². The third-order valence-electron chi connectivity index (χ3n) is 1.90. The first-order valence-electron chi connectivity index (χ1n) is 4.43. The smallest absolute Gasteiger partial charge is 0.188 e. The zero-order valence-corrected chi connectivity index (χ0v) is 8.13. The van der Waals surface area contributed by atoms with Crippen molar-refractivity contribution in [1.29, 1.82) is 0 Å². The van der Waals surface area contributed by atoms with E-state index in [4.69, 9.17) is 5.73 Å². The molecule has 76 valence electrons. The second kappa shape index (κ2) is 5.21. The summed E-state index contributed by atoms with van der Waals surface area (Å²) in [4.78, 5) is 3.73. The average molecular weight is 195 g/mol. The molecule has 0 saturated carbocycles. The van der Waals surface area contributed by atoms with Crippen LogP contribution in [0.5, 0.6) is 0 Å². The summed E-state index contributed by atoms with van der Waals surface area (Å²) in [7, 11) is 1.60. The Morgan fingerprint density at radius 2 is 2.21 bits per heavy atom. The number of hydrogen-bond acceptors (Lipinski definition) is 1. The minimum Gasteiger partial charge on any atom is -0.370 e. The Kier molecular flexibility index (Phi) is 3.91. The minimum atomic E-state index is -0.179. The number of nitrogens with one attached hydrogen (secondary N) is 1. The lowest BCUT2D eigenvalue weighted by molar-refractivity contribution is 0.607. The van der Waals surface area contributed by atoms with Crippen LogP contribution in [0.25, 0.3) is 0 Å². The first-order valence-corrected chi connectivity index (χ1v) is 4.43. The summed E-state index contributed by atoms with van der Waals surface area (Å²) in [5, 5.41) is 2.87. The van der Waals surface area contributed by atoms with Gasteiger partial charge in [-0.05, 0) is 18.1 Å². The van der Waals surface area contributed by atoms with Crippen LogP contribution >= 0.6 is 0 Å². The number of rotatable bonds is 3. The first-order chi connectivity index (χ1) is 6.74. The SMILES string of the molecule is CN=C(N)NCCc1ccccc1F. The normalized spacial score (nSPS) is 11.4. The number of hydrogen-bond donors (Lipinski definition) is 2. The van der Waals surface area contributed by atoms with Crippen molar-refractivity contribution in [1.82, 2.24) is 5.32 Å². The van der Waals surface area contributed by atoms with Gasteiger partial charge in [-0.25, -0.2) is 4.39 Å². The molecule has 0 atom stereocenters. The van der Waals surface area contributed by atoms with Crippen LogP contribution in [0.3, 0.4) is 0 Å². The van der Waals surface area contributed by atoms with Gasteiger partial charge in [0.05, 0.1) is 0 Å². The number of guanidine groups is 1. The van der Waals surface area contributed by atoms with Gasteiger partial charge in [-0.1, -0.05) is 18.2 Å². The summed E-state index contributed by atoms with van der Waals surface area (Å²) in [6.45, 7) is 0.587. The van der Waals surface area contributed by atoms with Crippen LogP contribution in [0.4, 0.5) is 4.39 Å². The fourth-order valence-electron chi connectivity index (χ4n) is 1.11. The van der Waals surface area contributed by atoms with Crippen molar-refractivity contribution in [3.8, 4) is 0 Å². The fourth-order valence-corrected chi connectivity index (χ4v) is 1.11. The summed E-state index contributed by atoms with van der Waals surface area (Å²) in [6, 6.07) is 6.70. The van der Waals surface area contributed by atoms with E-state index in [0.717, 1.165) is 0 Å². The monoisotopic (exact) mass is 195 g/mol. The highest BCUT2D eigenvalue weighted by Crippen LogP contribution is 2.05. The van der Waals surface area contributed by atoms with Crippen LogP contribution in [0.15, 0.2) is 29.3 Å². The van der Waals surface area contributed by atoms with E-state index < -0.39 is 0 Å². The molecule has 0 aliphatic rings. The third kappa shape index (κ3) is 3.05. The average Bonchev–Trinajstić information content (AvgIpc) is 2.20. The Hall–Kier alpha value is -1.58. The van der Waals surface area contributed by atoms with Gasteiger partial charge in [0.2, 0.25) is 0 Å². The first kappa shape index (κ1) is 10.5. The van der Waals surface area contributed by atoms with Crippen molar-refractivity contribution in [2.75, 3.05) is 13.6 Å². The number of nitrogens with two attached hydrogens (primary N) is 1. The van der Waals surface area contributed by atoms with Gasteiger partial charge >= 0.3 is 0 Å².